The number of amides is 2. The van der Waals surface area contributed by atoms with Crippen molar-refractivity contribution in [2.75, 3.05) is 13.2 Å². The Morgan fingerprint density at radius 3 is 2.40 bits per heavy atom. The maximum Gasteiger partial charge on any atom is 0.276 e. The summed E-state index contributed by atoms with van der Waals surface area (Å²) in [6.45, 7) is 2.21. The van der Waals surface area contributed by atoms with Gasteiger partial charge in [-0.3, -0.25) is 25.8 Å². The second-order valence-electron chi connectivity index (χ2n) is 7.39. The number of hydrogen-bond donors (Lipinski definition) is 3. The predicted octanol–water partition coefficient (Wildman–Crippen LogP) is 4.86. The molecule has 0 unspecified atom stereocenters. The zero-order valence-corrected chi connectivity index (χ0v) is 22.8. The Labute approximate surface area is 225 Å². The lowest BCUT2D eigenvalue weighted by Gasteiger charge is -2.13. The Balaban J connectivity index is 1.41. The van der Waals surface area contributed by atoms with Crippen molar-refractivity contribution in [3.63, 3.8) is 0 Å². The fourth-order valence-corrected chi connectivity index (χ4v) is 3.79. The quantitative estimate of drug-likeness (QED) is 0.246. The summed E-state index contributed by atoms with van der Waals surface area (Å²) < 4.78 is 12.9. The number of benzene rings is 3. The van der Waals surface area contributed by atoms with Gasteiger partial charge in [-0.2, -0.15) is 0 Å². The van der Waals surface area contributed by atoms with Crippen LogP contribution >= 0.6 is 44.1 Å². The first-order valence-electron chi connectivity index (χ1n) is 10.6. The van der Waals surface area contributed by atoms with Crippen LogP contribution in [-0.4, -0.2) is 30.1 Å². The van der Waals surface area contributed by atoms with Crippen molar-refractivity contribution in [3.8, 4) is 11.5 Å². The second kappa shape index (κ2) is 13.2. The lowest BCUT2D eigenvalue weighted by atomic mass is 10.2. The van der Waals surface area contributed by atoms with E-state index in [0.717, 1.165) is 16.5 Å². The van der Waals surface area contributed by atoms with E-state index in [1.54, 1.807) is 24.3 Å². The molecular formula is C25H23Br2N3O4S. The zero-order valence-electron chi connectivity index (χ0n) is 18.8. The fourth-order valence-electron chi connectivity index (χ4n) is 2.91. The van der Waals surface area contributed by atoms with Gasteiger partial charge >= 0.3 is 0 Å². The molecule has 10 heteroatoms. The van der Waals surface area contributed by atoms with Gasteiger partial charge in [0.15, 0.2) is 11.7 Å². The van der Waals surface area contributed by atoms with Crippen LogP contribution in [0.1, 0.15) is 21.5 Å². The molecule has 2 amide bonds. The molecule has 0 aliphatic heterocycles. The monoisotopic (exact) mass is 619 g/mol. The van der Waals surface area contributed by atoms with E-state index in [0.29, 0.717) is 28.1 Å². The van der Waals surface area contributed by atoms with E-state index in [-0.39, 0.29) is 11.7 Å². The minimum Gasteiger partial charge on any atom is -0.492 e. The molecule has 0 bridgehead atoms. The molecule has 0 spiro atoms. The average molecular weight is 621 g/mol. The first kappa shape index (κ1) is 26.7. The van der Waals surface area contributed by atoms with Crippen molar-refractivity contribution in [1.29, 1.82) is 0 Å². The molecule has 3 aromatic rings. The van der Waals surface area contributed by atoms with Gasteiger partial charge in [0.05, 0.1) is 11.1 Å². The highest BCUT2D eigenvalue weighted by atomic mass is 79.9. The van der Waals surface area contributed by atoms with Gasteiger partial charge in [0.1, 0.15) is 11.5 Å². The van der Waals surface area contributed by atoms with E-state index in [2.05, 4.69) is 48.0 Å². The summed E-state index contributed by atoms with van der Waals surface area (Å²) in [7, 11) is 0. The SMILES string of the molecule is Cc1cc(OCC(=O)NNC(=S)NC(=O)c2ccc(OCCc3ccccc3)c(Br)c2)ccc1Br. The third-order valence-electron chi connectivity index (χ3n) is 4.73. The number of hydrogen-bond acceptors (Lipinski definition) is 5. The molecule has 0 radical (unpaired) electrons. The summed E-state index contributed by atoms with van der Waals surface area (Å²) >= 11 is 11.9. The van der Waals surface area contributed by atoms with E-state index in [9.17, 15) is 9.59 Å². The predicted molar refractivity (Wildman–Crippen MR) is 145 cm³/mol. The van der Waals surface area contributed by atoms with Gasteiger partial charge in [-0.1, -0.05) is 46.3 Å². The highest BCUT2D eigenvalue weighted by molar-refractivity contribution is 9.10. The highest BCUT2D eigenvalue weighted by Gasteiger charge is 2.12. The molecule has 0 aromatic heterocycles. The number of hydrazine groups is 1. The van der Waals surface area contributed by atoms with Crippen LogP contribution in [0.15, 0.2) is 75.7 Å². The Morgan fingerprint density at radius 1 is 0.914 bits per heavy atom. The van der Waals surface area contributed by atoms with E-state index < -0.39 is 11.8 Å². The average Bonchev–Trinajstić information content (AvgIpc) is 2.85. The standard InChI is InChI=1S/C25H23Br2N3O4S/c1-16-13-19(8-9-20(16)26)34-15-23(31)29-30-25(35)28-24(32)18-7-10-22(21(27)14-18)33-12-11-17-5-3-2-4-6-17/h2-10,13-14H,11-12,15H2,1H3,(H,29,31)(H2,28,30,32,35). The molecule has 35 heavy (non-hydrogen) atoms. The molecule has 0 aliphatic carbocycles. The van der Waals surface area contributed by atoms with Gasteiger partial charge in [-0.05, 0) is 82.6 Å². The largest absolute Gasteiger partial charge is 0.492 e. The van der Waals surface area contributed by atoms with Gasteiger partial charge in [-0.25, -0.2) is 0 Å². The number of carbonyl (C=O) groups is 2. The molecule has 7 nitrogen and oxygen atoms in total. The second-order valence-corrected chi connectivity index (χ2v) is 9.50. The third-order valence-corrected chi connectivity index (χ3v) is 6.44. The molecule has 0 atom stereocenters. The number of carbonyl (C=O) groups excluding carboxylic acids is 2. The van der Waals surface area contributed by atoms with Crippen LogP contribution in [-0.2, 0) is 11.2 Å². The summed E-state index contributed by atoms with van der Waals surface area (Å²) in [6.07, 6.45) is 0.773. The Bertz CT molecular complexity index is 1210. The molecular weight excluding hydrogens is 598 g/mol. The maximum atomic E-state index is 12.5. The van der Waals surface area contributed by atoms with Gasteiger partial charge in [-0.15, -0.1) is 0 Å². The van der Waals surface area contributed by atoms with Crippen LogP contribution in [0.3, 0.4) is 0 Å². The van der Waals surface area contributed by atoms with Crippen LogP contribution < -0.4 is 25.6 Å². The maximum absolute atomic E-state index is 12.5. The minimum absolute atomic E-state index is 0.0536. The van der Waals surface area contributed by atoms with Gasteiger partial charge in [0, 0.05) is 16.5 Å². The first-order chi connectivity index (χ1) is 16.8. The minimum atomic E-state index is -0.457. The first-order valence-corrected chi connectivity index (χ1v) is 12.6. The Morgan fingerprint density at radius 2 is 1.69 bits per heavy atom. The normalized spacial score (nSPS) is 10.3. The number of rotatable bonds is 8. The van der Waals surface area contributed by atoms with E-state index >= 15 is 0 Å². The van der Waals surface area contributed by atoms with E-state index in [1.807, 2.05) is 49.4 Å². The Kier molecular flexibility index (Phi) is 10.1. The summed E-state index contributed by atoms with van der Waals surface area (Å²) in [5, 5.41) is 2.46. The zero-order chi connectivity index (χ0) is 25.2. The molecule has 182 valence electrons. The van der Waals surface area contributed by atoms with Crippen LogP contribution in [0.4, 0.5) is 0 Å². The van der Waals surface area contributed by atoms with Crippen molar-refractivity contribution < 1.29 is 19.1 Å². The summed E-state index contributed by atoms with van der Waals surface area (Å²) in [6, 6.07) is 20.4. The summed E-state index contributed by atoms with van der Waals surface area (Å²) in [5.41, 5.74) is 7.41. The van der Waals surface area contributed by atoms with Crippen molar-refractivity contribution in [1.82, 2.24) is 16.2 Å². The molecule has 0 saturated carbocycles. The number of aryl methyl sites for hydroxylation is 1. The number of thiocarbonyl (C=S) groups is 1. The van der Waals surface area contributed by atoms with Crippen molar-refractivity contribution in [2.24, 2.45) is 0 Å². The molecule has 0 heterocycles. The van der Waals surface area contributed by atoms with Crippen molar-refractivity contribution >= 4 is 61.0 Å². The lowest BCUT2D eigenvalue weighted by molar-refractivity contribution is -0.123. The van der Waals surface area contributed by atoms with E-state index in [1.165, 1.54) is 5.56 Å². The van der Waals surface area contributed by atoms with Gasteiger partial charge in [0.2, 0.25) is 0 Å². The molecule has 3 N–H and O–H groups in total. The third kappa shape index (κ3) is 8.65. The molecule has 3 rings (SSSR count). The number of nitrogens with one attached hydrogen (secondary N) is 3. The molecule has 0 saturated heterocycles. The fraction of sp³-hybridized carbons (Fsp3) is 0.160. The number of halogens is 2. The number of ether oxygens (including phenoxy) is 2. The summed E-state index contributed by atoms with van der Waals surface area (Å²) in [4.78, 5) is 24.5. The van der Waals surface area contributed by atoms with Gasteiger partial charge in [0.25, 0.3) is 11.8 Å². The molecule has 3 aromatic carbocycles. The van der Waals surface area contributed by atoms with Crippen LogP contribution in [0.5, 0.6) is 11.5 Å². The Hall–Kier alpha value is -2.95. The highest BCUT2D eigenvalue weighted by Crippen LogP contribution is 2.26. The lowest BCUT2D eigenvalue weighted by Crippen LogP contribution is -2.49. The smallest absolute Gasteiger partial charge is 0.276 e. The van der Waals surface area contributed by atoms with Crippen LogP contribution in [0.2, 0.25) is 0 Å². The van der Waals surface area contributed by atoms with Gasteiger partial charge < -0.3 is 9.47 Å². The summed E-state index contributed by atoms with van der Waals surface area (Å²) in [5.74, 6) is 0.304. The topological polar surface area (TPSA) is 88.7 Å². The van der Waals surface area contributed by atoms with Crippen molar-refractivity contribution in [2.45, 2.75) is 13.3 Å². The van der Waals surface area contributed by atoms with Crippen molar-refractivity contribution in [3.05, 3.63) is 92.4 Å². The van der Waals surface area contributed by atoms with E-state index in [4.69, 9.17) is 21.7 Å². The van der Waals surface area contributed by atoms with Crippen LogP contribution in [0, 0.1) is 6.92 Å². The molecule has 0 fully saturated rings. The van der Waals surface area contributed by atoms with Crippen LogP contribution in [0.25, 0.3) is 0 Å². The molecule has 0 aliphatic rings.